The molecule has 1 amide bonds. The summed E-state index contributed by atoms with van der Waals surface area (Å²) in [6.45, 7) is 3.90. The Morgan fingerprint density at radius 2 is 2.08 bits per heavy atom. The second-order valence-electron chi connectivity index (χ2n) is 6.38. The Hall–Kier alpha value is -2.80. The first-order chi connectivity index (χ1) is 12.0. The van der Waals surface area contributed by atoms with Crippen LogP contribution < -0.4 is 0 Å². The van der Waals surface area contributed by atoms with Gasteiger partial charge in [-0.05, 0) is 31.5 Å². The van der Waals surface area contributed by atoms with Crippen molar-refractivity contribution < 1.29 is 14.4 Å². The molecule has 3 heterocycles. The van der Waals surface area contributed by atoms with Gasteiger partial charge in [-0.1, -0.05) is 23.4 Å². The van der Waals surface area contributed by atoms with Crippen LogP contribution in [0.2, 0.25) is 0 Å². The molecule has 1 aromatic carbocycles. The van der Waals surface area contributed by atoms with Crippen LogP contribution in [0.15, 0.2) is 34.9 Å². The summed E-state index contributed by atoms with van der Waals surface area (Å²) in [6, 6.07) is 9.06. The van der Waals surface area contributed by atoms with E-state index in [-0.39, 0.29) is 12.5 Å². The molecular formula is C18H18N4O3. The Morgan fingerprint density at radius 1 is 1.28 bits per heavy atom. The lowest BCUT2D eigenvalue weighted by molar-refractivity contribution is 0.0688. The van der Waals surface area contributed by atoms with E-state index in [1.165, 1.54) is 0 Å². The molecule has 2 atom stereocenters. The standard InChI is InChI=1S/C18H18N4O3/c1-10-7-15(20-14-6-4-3-5-13(10)14)18(24)22-9-12(23)8-16(22)17-19-11(2)21-25-17/h3-7,12,16,23H,8-9H2,1-2H3/t12-,16+/m0/s1. The van der Waals surface area contributed by atoms with E-state index < -0.39 is 12.1 Å². The molecule has 0 unspecified atom stereocenters. The monoisotopic (exact) mass is 338 g/mol. The van der Waals surface area contributed by atoms with Crippen LogP contribution in [0.3, 0.4) is 0 Å². The number of para-hydroxylation sites is 1. The summed E-state index contributed by atoms with van der Waals surface area (Å²) in [5, 5.41) is 14.9. The summed E-state index contributed by atoms with van der Waals surface area (Å²) >= 11 is 0. The molecular weight excluding hydrogens is 320 g/mol. The summed E-state index contributed by atoms with van der Waals surface area (Å²) in [7, 11) is 0. The van der Waals surface area contributed by atoms with Crippen LogP contribution in [0.4, 0.5) is 0 Å². The van der Waals surface area contributed by atoms with Crippen LogP contribution in [0.25, 0.3) is 10.9 Å². The van der Waals surface area contributed by atoms with E-state index in [1.54, 1.807) is 17.9 Å². The van der Waals surface area contributed by atoms with Gasteiger partial charge in [0.2, 0.25) is 5.89 Å². The number of aliphatic hydroxyl groups is 1. The third-order valence-corrected chi connectivity index (χ3v) is 4.51. The van der Waals surface area contributed by atoms with Crippen molar-refractivity contribution >= 4 is 16.8 Å². The van der Waals surface area contributed by atoms with E-state index in [9.17, 15) is 9.90 Å². The van der Waals surface area contributed by atoms with E-state index in [1.807, 2.05) is 31.2 Å². The number of aromatic nitrogens is 3. The van der Waals surface area contributed by atoms with Crippen molar-refractivity contribution in [2.75, 3.05) is 6.54 Å². The fourth-order valence-electron chi connectivity index (χ4n) is 3.33. The first-order valence-electron chi connectivity index (χ1n) is 8.18. The van der Waals surface area contributed by atoms with E-state index >= 15 is 0 Å². The largest absolute Gasteiger partial charge is 0.391 e. The molecule has 0 radical (unpaired) electrons. The molecule has 2 aromatic heterocycles. The van der Waals surface area contributed by atoms with Gasteiger partial charge >= 0.3 is 0 Å². The number of carbonyl (C=O) groups is 1. The van der Waals surface area contributed by atoms with Crippen LogP contribution in [0, 0.1) is 13.8 Å². The predicted octanol–water partition coefficient (Wildman–Crippen LogP) is 2.18. The highest BCUT2D eigenvalue weighted by Crippen LogP contribution is 2.32. The Labute approximate surface area is 144 Å². The highest BCUT2D eigenvalue weighted by molar-refractivity contribution is 5.96. The molecule has 0 spiro atoms. The van der Waals surface area contributed by atoms with E-state index in [0.717, 1.165) is 16.5 Å². The highest BCUT2D eigenvalue weighted by atomic mass is 16.5. The average molecular weight is 338 g/mol. The third-order valence-electron chi connectivity index (χ3n) is 4.51. The van der Waals surface area contributed by atoms with E-state index in [4.69, 9.17) is 4.52 Å². The number of aliphatic hydroxyl groups excluding tert-OH is 1. The quantitative estimate of drug-likeness (QED) is 0.770. The Bertz CT molecular complexity index is 952. The van der Waals surface area contributed by atoms with Gasteiger partial charge in [-0.25, -0.2) is 4.98 Å². The number of pyridine rings is 1. The number of likely N-dealkylation sites (tertiary alicyclic amines) is 1. The molecule has 4 rings (SSSR count). The normalized spacial score (nSPS) is 20.4. The van der Waals surface area contributed by atoms with Crippen molar-refractivity contribution in [1.82, 2.24) is 20.0 Å². The molecule has 0 bridgehead atoms. The minimum absolute atomic E-state index is 0.221. The van der Waals surface area contributed by atoms with Crippen LogP contribution in [0.5, 0.6) is 0 Å². The summed E-state index contributed by atoms with van der Waals surface area (Å²) in [5.74, 6) is 0.606. The van der Waals surface area contributed by atoms with Gasteiger partial charge in [-0.15, -0.1) is 0 Å². The predicted molar refractivity (Wildman–Crippen MR) is 89.9 cm³/mol. The van der Waals surface area contributed by atoms with E-state index in [0.29, 0.717) is 23.8 Å². The van der Waals surface area contributed by atoms with E-state index in [2.05, 4.69) is 15.1 Å². The van der Waals surface area contributed by atoms with Gasteiger partial charge in [0, 0.05) is 18.4 Å². The number of rotatable bonds is 2. The molecule has 25 heavy (non-hydrogen) atoms. The fraction of sp³-hybridized carbons (Fsp3) is 0.333. The Balaban J connectivity index is 1.71. The number of nitrogens with zero attached hydrogens (tertiary/aromatic N) is 4. The summed E-state index contributed by atoms with van der Waals surface area (Å²) in [5.41, 5.74) is 2.11. The van der Waals surface area contributed by atoms with Crippen molar-refractivity contribution in [3.05, 3.63) is 53.3 Å². The molecule has 1 N–H and O–H groups in total. The first kappa shape index (κ1) is 15.7. The highest BCUT2D eigenvalue weighted by Gasteiger charge is 2.39. The lowest BCUT2D eigenvalue weighted by Crippen LogP contribution is -2.32. The maximum atomic E-state index is 13.0. The second-order valence-corrected chi connectivity index (χ2v) is 6.38. The number of amides is 1. The van der Waals surface area contributed by atoms with Crippen molar-refractivity contribution in [3.63, 3.8) is 0 Å². The molecule has 0 aliphatic carbocycles. The van der Waals surface area contributed by atoms with Crippen molar-refractivity contribution in [2.24, 2.45) is 0 Å². The summed E-state index contributed by atoms with van der Waals surface area (Å²) in [4.78, 5) is 23.3. The zero-order valence-corrected chi connectivity index (χ0v) is 14.0. The third kappa shape index (κ3) is 2.76. The Morgan fingerprint density at radius 3 is 2.84 bits per heavy atom. The summed E-state index contributed by atoms with van der Waals surface area (Å²) < 4.78 is 5.22. The first-order valence-corrected chi connectivity index (χ1v) is 8.18. The van der Waals surface area contributed by atoms with Crippen molar-refractivity contribution in [2.45, 2.75) is 32.4 Å². The molecule has 0 saturated carbocycles. The average Bonchev–Trinajstić information content (AvgIpc) is 3.19. The molecule has 3 aromatic rings. The van der Waals surface area contributed by atoms with Gasteiger partial charge in [0.25, 0.3) is 5.91 Å². The van der Waals surface area contributed by atoms with Crippen LogP contribution in [-0.2, 0) is 0 Å². The van der Waals surface area contributed by atoms with Crippen LogP contribution >= 0.6 is 0 Å². The lowest BCUT2D eigenvalue weighted by Gasteiger charge is -2.21. The zero-order chi connectivity index (χ0) is 17.6. The number of aryl methyl sites for hydroxylation is 2. The topological polar surface area (TPSA) is 92.4 Å². The molecule has 128 valence electrons. The second kappa shape index (κ2) is 5.93. The number of hydrogen-bond acceptors (Lipinski definition) is 6. The molecule has 1 aliphatic rings. The van der Waals surface area contributed by atoms with Gasteiger partial charge in [0.15, 0.2) is 5.82 Å². The van der Waals surface area contributed by atoms with Crippen LogP contribution in [0.1, 0.15) is 40.2 Å². The molecule has 1 aliphatic heterocycles. The van der Waals surface area contributed by atoms with Gasteiger partial charge in [0.05, 0.1) is 11.6 Å². The van der Waals surface area contributed by atoms with Crippen molar-refractivity contribution in [1.29, 1.82) is 0 Å². The van der Waals surface area contributed by atoms with Gasteiger partial charge in [0.1, 0.15) is 11.7 Å². The lowest BCUT2D eigenvalue weighted by atomic mass is 10.1. The molecule has 1 saturated heterocycles. The SMILES string of the molecule is Cc1noc([C@H]2C[C@H](O)CN2C(=O)c2cc(C)c3ccccc3n2)n1. The minimum atomic E-state index is -0.622. The Kier molecular flexibility index (Phi) is 3.73. The number of carbonyl (C=O) groups excluding carboxylic acids is 1. The fourth-order valence-corrected chi connectivity index (χ4v) is 3.33. The molecule has 7 heteroatoms. The number of benzene rings is 1. The number of β-amino-alcohol motifs (C(OH)–C–C–N with tert-alkyl or cyclic N) is 1. The number of fused-ring (bicyclic) bond motifs is 1. The smallest absolute Gasteiger partial charge is 0.273 e. The molecule has 1 fully saturated rings. The van der Waals surface area contributed by atoms with Gasteiger partial charge in [-0.3, -0.25) is 4.79 Å². The van der Waals surface area contributed by atoms with Crippen LogP contribution in [-0.4, -0.2) is 43.7 Å². The molecule has 7 nitrogen and oxygen atoms in total. The zero-order valence-electron chi connectivity index (χ0n) is 14.0. The van der Waals surface area contributed by atoms with Gasteiger partial charge in [-0.2, -0.15) is 4.98 Å². The maximum absolute atomic E-state index is 13.0. The van der Waals surface area contributed by atoms with Gasteiger partial charge < -0.3 is 14.5 Å². The number of hydrogen-bond donors (Lipinski definition) is 1. The maximum Gasteiger partial charge on any atom is 0.273 e. The summed E-state index contributed by atoms with van der Waals surface area (Å²) in [6.07, 6.45) is -0.248. The minimum Gasteiger partial charge on any atom is -0.391 e. The van der Waals surface area contributed by atoms with Crippen molar-refractivity contribution in [3.8, 4) is 0 Å².